The molecule has 0 aromatic rings. The van der Waals surface area contributed by atoms with Crippen molar-refractivity contribution in [1.82, 2.24) is 5.32 Å². The van der Waals surface area contributed by atoms with Crippen LogP contribution in [0.15, 0.2) is 0 Å². The van der Waals surface area contributed by atoms with E-state index >= 15 is 0 Å². The van der Waals surface area contributed by atoms with Gasteiger partial charge in [-0.05, 0) is 44.1 Å². The number of hydrogen-bond donors (Lipinski definition) is 1. The van der Waals surface area contributed by atoms with Crippen molar-refractivity contribution in [3.63, 3.8) is 0 Å². The van der Waals surface area contributed by atoms with Gasteiger partial charge in [0.2, 0.25) is 0 Å². The monoisotopic (exact) mass is 211 g/mol. The second-order valence-corrected chi connectivity index (χ2v) is 5.43. The summed E-state index contributed by atoms with van der Waals surface area (Å²) in [6.45, 7) is 8.25. The average Bonchev–Trinajstić information content (AvgIpc) is 2.26. The van der Waals surface area contributed by atoms with Crippen molar-refractivity contribution in [2.45, 2.75) is 71.8 Å². The highest BCUT2D eigenvalue weighted by Crippen LogP contribution is 2.27. The fourth-order valence-electron chi connectivity index (χ4n) is 2.67. The second kappa shape index (κ2) is 7.27. The Balaban J connectivity index is 2.12. The molecule has 1 atom stereocenters. The Hall–Kier alpha value is -0.0400. The zero-order valence-electron chi connectivity index (χ0n) is 10.9. The lowest BCUT2D eigenvalue weighted by Gasteiger charge is -2.28. The Morgan fingerprint density at radius 1 is 1.13 bits per heavy atom. The standard InChI is InChI=1S/C14H29N/c1-4-6-14(5-2)15-11-13-9-7-12(3)8-10-13/h12-15H,4-11H2,1-3H3. The Kier molecular flexibility index (Phi) is 6.31. The van der Waals surface area contributed by atoms with Crippen molar-refractivity contribution >= 4 is 0 Å². The first-order chi connectivity index (χ1) is 7.26. The van der Waals surface area contributed by atoms with Gasteiger partial charge in [0.15, 0.2) is 0 Å². The summed E-state index contributed by atoms with van der Waals surface area (Å²) in [7, 11) is 0. The molecule has 1 saturated carbocycles. The van der Waals surface area contributed by atoms with Crippen LogP contribution in [0.4, 0.5) is 0 Å². The van der Waals surface area contributed by atoms with Gasteiger partial charge in [-0.15, -0.1) is 0 Å². The molecule has 15 heavy (non-hydrogen) atoms. The lowest BCUT2D eigenvalue weighted by atomic mass is 9.83. The highest BCUT2D eigenvalue weighted by atomic mass is 14.9. The van der Waals surface area contributed by atoms with Crippen LogP contribution in [0.5, 0.6) is 0 Å². The lowest BCUT2D eigenvalue weighted by molar-refractivity contribution is 0.270. The van der Waals surface area contributed by atoms with E-state index in [9.17, 15) is 0 Å². The Morgan fingerprint density at radius 2 is 1.80 bits per heavy atom. The van der Waals surface area contributed by atoms with Gasteiger partial charge < -0.3 is 5.32 Å². The quantitative estimate of drug-likeness (QED) is 0.700. The summed E-state index contributed by atoms with van der Waals surface area (Å²) < 4.78 is 0. The molecule has 1 aliphatic carbocycles. The first-order valence-electron chi connectivity index (χ1n) is 6.99. The van der Waals surface area contributed by atoms with Crippen LogP contribution in [0, 0.1) is 11.8 Å². The number of hydrogen-bond acceptors (Lipinski definition) is 1. The van der Waals surface area contributed by atoms with E-state index in [4.69, 9.17) is 0 Å². The minimum Gasteiger partial charge on any atom is -0.314 e. The molecule has 0 radical (unpaired) electrons. The molecule has 0 aromatic heterocycles. The van der Waals surface area contributed by atoms with E-state index in [1.165, 1.54) is 51.5 Å². The van der Waals surface area contributed by atoms with Gasteiger partial charge in [-0.3, -0.25) is 0 Å². The first-order valence-corrected chi connectivity index (χ1v) is 6.99. The highest BCUT2D eigenvalue weighted by molar-refractivity contribution is 4.74. The summed E-state index contributed by atoms with van der Waals surface area (Å²) in [6, 6.07) is 0.773. The summed E-state index contributed by atoms with van der Waals surface area (Å²) in [5.41, 5.74) is 0. The molecule has 1 unspecified atom stereocenters. The summed E-state index contributed by atoms with van der Waals surface area (Å²) in [6.07, 6.45) is 9.77. The summed E-state index contributed by atoms with van der Waals surface area (Å²) in [5.74, 6) is 1.95. The zero-order chi connectivity index (χ0) is 11.1. The molecule has 1 rings (SSSR count). The maximum Gasteiger partial charge on any atom is 0.00644 e. The molecule has 0 spiro atoms. The molecule has 1 heteroatoms. The third-order valence-corrected chi connectivity index (χ3v) is 3.96. The molecule has 0 aromatic carbocycles. The van der Waals surface area contributed by atoms with E-state index in [0.29, 0.717) is 0 Å². The van der Waals surface area contributed by atoms with Crippen molar-refractivity contribution in [3.05, 3.63) is 0 Å². The molecule has 0 aliphatic heterocycles. The van der Waals surface area contributed by atoms with E-state index in [2.05, 4.69) is 26.1 Å². The van der Waals surface area contributed by atoms with Gasteiger partial charge in [0, 0.05) is 6.04 Å². The van der Waals surface area contributed by atoms with E-state index in [1.54, 1.807) is 0 Å². The molecule has 1 fully saturated rings. The lowest BCUT2D eigenvalue weighted by Crippen LogP contribution is -2.34. The summed E-state index contributed by atoms with van der Waals surface area (Å²) >= 11 is 0. The molecule has 1 N–H and O–H groups in total. The number of nitrogens with one attached hydrogen (secondary N) is 1. The molecule has 90 valence electrons. The Morgan fingerprint density at radius 3 is 2.33 bits per heavy atom. The minimum atomic E-state index is 0.773. The topological polar surface area (TPSA) is 12.0 Å². The van der Waals surface area contributed by atoms with Gasteiger partial charge in [-0.1, -0.05) is 40.0 Å². The molecule has 0 bridgehead atoms. The van der Waals surface area contributed by atoms with Crippen molar-refractivity contribution in [1.29, 1.82) is 0 Å². The van der Waals surface area contributed by atoms with Gasteiger partial charge in [-0.2, -0.15) is 0 Å². The highest BCUT2D eigenvalue weighted by Gasteiger charge is 2.18. The van der Waals surface area contributed by atoms with Crippen LogP contribution in [0.1, 0.15) is 65.7 Å². The predicted molar refractivity (Wildman–Crippen MR) is 68.1 cm³/mol. The Bertz CT molecular complexity index is 147. The second-order valence-electron chi connectivity index (χ2n) is 5.43. The molecular weight excluding hydrogens is 182 g/mol. The molecule has 0 saturated heterocycles. The number of rotatable bonds is 6. The maximum atomic E-state index is 3.75. The fraction of sp³-hybridized carbons (Fsp3) is 1.00. The van der Waals surface area contributed by atoms with Crippen LogP contribution >= 0.6 is 0 Å². The SMILES string of the molecule is CCCC(CC)NCC1CCC(C)CC1. The molecule has 0 amide bonds. The predicted octanol–water partition coefficient (Wildman–Crippen LogP) is 3.98. The van der Waals surface area contributed by atoms with Crippen LogP contribution < -0.4 is 5.32 Å². The van der Waals surface area contributed by atoms with E-state index in [-0.39, 0.29) is 0 Å². The molecule has 0 heterocycles. The van der Waals surface area contributed by atoms with Gasteiger partial charge in [0.05, 0.1) is 0 Å². The summed E-state index contributed by atoms with van der Waals surface area (Å²) in [5, 5.41) is 3.75. The van der Waals surface area contributed by atoms with Crippen molar-refractivity contribution in [3.8, 4) is 0 Å². The van der Waals surface area contributed by atoms with Gasteiger partial charge in [0.25, 0.3) is 0 Å². The first kappa shape index (κ1) is 13.0. The van der Waals surface area contributed by atoms with E-state index in [0.717, 1.165) is 17.9 Å². The third-order valence-electron chi connectivity index (χ3n) is 3.96. The van der Waals surface area contributed by atoms with E-state index in [1.807, 2.05) is 0 Å². The van der Waals surface area contributed by atoms with Crippen LogP contribution in [-0.2, 0) is 0 Å². The minimum absolute atomic E-state index is 0.773. The normalized spacial score (nSPS) is 29.0. The van der Waals surface area contributed by atoms with Gasteiger partial charge in [-0.25, -0.2) is 0 Å². The van der Waals surface area contributed by atoms with Crippen LogP contribution in [0.3, 0.4) is 0 Å². The summed E-state index contributed by atoms with van der Waals surface area (Å²) in [4.78, 5) is 0. The third kappa shape index (κ3) is 5.01. The van der Waals surface area contributed by atoms with Crippen LogP contribution in [0.2, 0.25) is 0 Å². The van der Waals surface area contributed by atoms with Crippen molar-refractivity contribution in [2.75, 3.05) is 6.54 Å². The van der Waals surface area contributed by atoms with E-state index < -0.39 is 0 Å². The van der Waals surface area contributed by atoms with Crippen molar-refractivity contribution in [2.24, 2.45) is 11.8 Å². The van der Waals surface area contributed by atoms with Gasteiger partial charge in [0.1, 0.15) is 0 Å². The zero-order valence-corrected chi connectivity index (χ0v) is 10.9. The van der Waals surface area contributed by atoms with Crippen molar-refractivity contribution < 1.29 is 0 Å². The van der Waals surface area contributed by atoms with Gasteiger partial charge >= 0.3 is 0 Å². The largest absolute Gasteiger partial charge is 0.314 e. The Labute approximate surface area is 96.0 Å². The molecule has 1 aliphatic rings. The van der Waals surface area contributed by atoms with Crippen LogP contribution in [-0.4, -0.2) is 12.6 Å². The average molecular weight is 211 g/mol. The van der Waals surface area contributed by atoms with Crippen LogP contribution in [0.25, 0.3) is 0 Å². The maximum absolute atomic E-state index is 3.75. The molecule has 1 nitrogen and oxygen atoms in total. The smallest absolute Gasteiger partial charge is 0.00644 e. The molecular formula is C14H29N. The fourth-order valence-corrected chi connectivity index (χ4v) is 2.67.